The number of Topliss-reactive ketones (excluding diaryl/α,β-unsaturated/α-hetero) is 1. The maximum atomic E-state index is 12.9. The summed E-state index contributed by atoms with van der Waals surface area (Å²) in [6.45, 7) is 6.65. The molecule has 34 heavy (non-hydrogen) atoms. The summed E-state index contributed by atoms with van der Waals surface area (Å²) in [5.41, 5.74) is 1.03. The molecule has 0 radical (unpaired) electrons. The highest BCUT2D eigenvalue weighted by Crippen LogP contribution is 2.23. The van der Waals surface area contributed by atoms with Gasteiger partial charge in [0.05, 0.1) is 6.42 Å². The van der Waals surface area contributed by atoms with Crippen molar-refractivity contribution in [2.24, 2.45) is 5.92 Å². The van der Waals surface area contributed by atoms with Gasteiger partial charge >= 0.3 is 12.1 Å². The van der Waals surface area contributed by atoms with Crippen LogP contribution in [0.2, 0.25) is 0 Å². The van der Waals surface area contributed by atoms with Crippen LogP contribution in [0, 0.1) is 5.92 Å². The fourth-order valence-electron chi connectivity index (χ4n) is 3.55. The summed E-state index contributed by atoms with van der Waals surface area (Å²) < 4.78 is 5.09. The van der Waals surface area contributed by atoms with Crippen LogP contribution in [0.4, 0.5) is 4.79 Å². The number of carboxylic acids is 1. The third-order valence-electron chi connectivity index (χ3n) is 5.21. The number of benzene rings is 1. The zero-order chi connectivity index (χ0) is 24.9. The second-order valence-electron chi connectivity index (χ2n) is 7.65. The van der Waals surface area contributed by atoms with Crippen molar-refractivity contribution < 1.29 is 33.9 Å². The van der Waals surface area contributed by atoms with E-state index in [-0.39, 0.29) is 25.0 Å². The monoisotopic (exact) mass is 470 g/mol. The molecule has 9 nitrogen and oxygen atoms in total. The molecular formula is C25H30N2O7. The van der Waals surface area contributed by atoms with Gasteiger partial charge < -0.3 is 9.84 Å². The number of allylic oxidation sites excluding steroid dienone is 2. The van der Waals surface area contributed by atoms with Crippen LogP contribution in [0.25, 0.3) is 0 Å². The minimum Gasteiger partial charge on any atom is -0.481 e. The number of hydrogen-bond donors (Lipinski definition) is 1. The number of aliphatic carboxylic acids is 1. The van der Waals surface area contributed by atoms with Crippen molar-refractivity contribution in [3.05, 3.63) is 73.4 Å². The van der Waals surface area contributed by atoms with Crippen LogP contribution in [0.5, 0.6) is 0 Å². The van der Waals surface area contributed by atoms with E-state index < -0.39 is 36.9 Å². The van der Waals surface area contributed by atoms with Gasteiger partial charge in [-0.15, -0.1) is 6.58 Å². The third kappa shape index (κ3) is 8.00. The number of ether oxygens (including phenoxy) is 1. The molecule has 1 aliphatic rings. The fourth-order valence-corrected chi connectivity index (χ4v) is 3.55. The number of hydrogen-bond acceptors (Lipinski definition) is 6. The van der Waals surface area contributed by atoms with E-state index >= 15 is 0 Å². The first-order chi connectivity index (χ1) is 16.4. The quantitative estimate of drug-likeness (QED) is 0.329. The van der Waals surface area contributed by atoms with E-state index in [1.54, 1.807) is 12.2 Å². The molecule has 2 amide bonds. The molecule has 2 atom stereocenters. The summed E-state index contributed by atoms with van der Waals surface area (Å²) in [5, 5.41) is 10.4. The van der Waals surface area contributed by atoms with Gasteiger partial charge in [0, 0.05) is 19.0 Å². The molecule has 1 aromatic rings. The number of ketones is 1. The van der Waals surface area contributed by atoms with Crippen LogP contribution in [0.3, 0.4) is 0 Å². The van der Waals surface area contributed by atoms with Crippen LogP contribution >= 0.6 is 0 Å². The number of nitrogens with zero attached hydrogens (tertiary/aromatic N) is 2. The number of carbonyl (C=O) groups excluding carboxylic acids is 3. The van der Waals surface area contributed by atoms with Crippen LogP contribution in [-0.2, 0) is 30.4 Å². The molecule has 0 saturated carbocycles. The zero-order valence-corrected chi connectivity index (χ0v) is 19.0. The molecule has 0 bridgehead atoms. The molecule has 0 spiro atoms. The largest absolute Gasteiger partial charge is 0.481 e. The summed E-state index contributed by atoms with van der Waals surface area (Å²) in [6.07, 6.45) is 5.62. The first kappa shape index (κ1) is 26.5. The highest BCUT2D eigenvalue weighted by Gasteiger charge is 2.36. The zero-order valence-electron chi connectivity index (χ0n) is 19.0. The second-order valence-corrected chi connectivity index (χ2v) is 7.65. The van der Waals surface area contributed by atoms with E-state index in [2.05, 4.69) is 13.2 Å². The number of hydroxylamine groups is 2. The molecule has 1 aliphatic heterocycles. The van der Waals surface area contributed by atoms with Crippen molar-refractivity contribution in [1.29, 1.82) is 0 Å². The first-order valence-electron chi connectivity index (χ1n) is 10.9. The van der Waals surface area contributed by atoms with Crippen molar-refractivity contribution in [3.63, 3.8) is 0 Å². The maximum absolute atomic E-state index is 12.9. The summed E-state index contributed by atoms with van der Waals surface area (Å²) in [4.78, 5) is 55.9. The Morgan fingerprint density at radius 2 is 1.97 bits per heavy atom. The topological polar surface area (TPSA) is 113 Å². The predicted molar refractivity (Wildman–Crippen MR) is 125 cm³/mol. The SMILES string of the molecule is C=CC=CCOC(=O)N(CC=C)C(CC(=O)O)C(=O)CON1CCC(Cc2ccccc2)C1=O. The molecule has 1 aromatic carbocycles. The molecule has 1 N–H and O–H groups in total. The number of amides is 2. The van der Waals surface area contributed by atoms with Gasteiger partial charge in [-0.25, -0.2) is 9.86 Å². The van der Waals surface area contributed by atoms with Gasteiger partial charge in [0.2, 0.25) is 5.91 Å². The minimum absolute atomic E-state index is 0.0753. The van der Waals surface area contributed by atoms with Crippen molar-refractivity contribution in [2.45, 2.75) is 25.3 Å². The molecule has 1 saturated heterocycles. The van der Waals surface area contributed by atoms with Gasteiger partial charge in [-0.3, -0.25) is 24.1 Å². The van der Waals surface area contributed by atoms with E-state index in [0.717, 1.165) is 15.5 Å². The highest BCUT2D eigenvalue weighted by atomic mass is 16.7. The summed E-state index contributed by atoms with van der Waals surface area (Å²) in [6, 6.07) is 8.25. The molecule has 1 fully saturated rings. The lowest BCUT2D eigenvalue weighted by molar-refractivity contribution is -0.182. The Morgan fingerprint density at radius 3 is 2.62 bits per heavy atom. The Hall–Kier alpha value is -3.72. The van der Waals surface area contributed by atoms with E-state index in [4.69, 9.17) is 9.57 Å². The lowest BCUT2D eigenvalue weighted by Gasteiger charge is -2.28. The van der Waals surface area contributed by atoms with Crippen molar-refractivity contribution >= 4 is 23.8 Å². The van der Waals surface area contributed by atoms with Crippen LogP contribution in [0.15, 0.2) is 67.8 Å². The fraction of sp³-hybridized carbons (Fsp3) is 0.360. The van der Waals surface area contributed by atoms with E-state index in [0.29, 0.717) is 19.4 Å². The van der Waals surface area contributed by atoms with Gasteiger partial charge in [-0.05, 0) is 24.5 Å². The van der Waals surface area contributed by atoms with Crippen LogP contribution in [0.1, 0.15) is 18.4 Å². The number of carbonyl (C=O) groups is 4. The Morgan fingerprint density at radius 1 is 1.24 bits per heavy atom. The molecule has 9 heteroatoms. The minimum atomic E-state index is -1.34. The average molecular weight is 471 g/mol. The molecule has 0 aromatic heterocycles. The van der Waals surface area contributed by atoms with Gasteiger partial charge in [0.1, 0.15) is 19.3 Å². The second kappa shape index (κ2) is 13.7. The normalized spacial score (nSPS) is 16.3. The van der Waals surface area contributed by atoms with Gasteiger partial charge in [0.25, 0.3) is 0 Å². The standard InChI is InChI=1S/C25H30N2O7/c1-3-5-9-15-33-25(32)26(13-4-2)21(17-23(29)30)22(28)18-34-27-14-12-20(24(27)31)16-19-10-7-6-8-11-19/h3-11,20-21H,1-2,12-18H2,(H,29,30). The smallest absolute Gasteiger partial charge is 0.410 e. The van der Waals surface area contributed by atoms with E-state index in [9.17, 15) is 24.3 Å². The predicted octanol–water partition coefficient (Wildman–Crippen LogP) is 2.79. The third-order valence-corrected chi connectivity index (χ3v) is 5.21. The summed E-state index contributed by atoms with van der Waals surface area (Å²) in [5.74, 6) is -2.43. The number of rotatable bonds is 14. The lowest BCUT2D eigenvalue weighted by Crippen LogP contribution is -2.48. The Kier molecular flexibility index (Phi) is 10.7. The molecule has 2 rings (SSSR count). The Labute approximate surface area is 198 Å². The van der Waals surface area contributed by atoms with Crippen molar-refractivity contribution in [3.8, 4) is 0 Å². The maximum Gasteiger partial charge on any atom is 0.410 e. The molecule has 182 valence electrons. The Bertz CT molecular complexity index is 913. The van der Waals surface area contributed by atoms with Crippen molar-refractivity contribution in [2.75, 3.05) is 26.3 Å². The summed E-state index contributed by atoms with van der Waals surface area (Å²) >= 11 is 0. The van der Waals surface area contributed by atoms with Crippen molar-refractivity contribution in [1.82, 2.24) is 9.96 Å². The molecule has 2 unspecified atom stereocenters. The average Bonchev–Trinajstić information content (AvgIpc) is 3.16. The highest BCUT2D eigenvalue weighted by molar-refractivity contribution is 5.91. The number of carboxylic acid groups (broad SMARTS) is 1. The molecule has 0 aliphatic carbocycles. The first-order valence-corrected chi connectivity index (χ1v) is 10.9. The van der Waals surface area contributed by atoms with Gasteiger partial charge in [0.15, 0.2) is 5.78 Å². The van der Waals surface area contributed by atoms with E-state index in [1.165, 1.54) is 12.2 Å². The van der Waals surface area contributed by atoms with Crippen LogP contribution in [-0.4, -0.2) is 71.2 Å². The van der Waals surface area contributed by atoms with Gasteiger partial charge in [-0.2, -0.15) is 0 Å². The van der Waals surface area contributed by atoms with E-state index in [1.807, 2.05) is 30.3 Å². The molecule has 1 heterocycles. The van der Waals surface area contributed by atoms with Gasteiger partial charge in [-0.1, -0.05) is 55.1 Å². The summed E-state index contributed by atoms with van der Waals surface area (Å²) in [7, 11) is 0. The van der Waals surface area contributed by atoms with Crippen LogP contribution < -0.4 is 0 Å². The molecular weight excluding hydrogens is 440 g/mol. The lowest BCUT2D eigenvalue weighted by atomic mass is 9.98. The Balaban J connectivity index is 2.00.